The number of amides is 2. The van der Waals surface area contributed by atoms with E-state index in [1.807, 2.05) is 12.3 Å². The summed E-state index contributed by atoms with van der Waals surface area (Å²) >= 11 is 1.63. The smallest absolute Gasteiger partial charge is 0.409 e. The van der Waals surface area contributed by atoms with Gasteiger partial charge < -0.3 is 25.2 Å². The molecule has 1 aliphatic rings. The van der Waals surface area contributed by atoms with Gasteiger partial charge in [-0.3, -0.25) is 4.79 Å². The molecule has 11 heteroatoms. The minimum absolute atomic E-state index is 0. The van der Waals surface area contributed by atoms with E-state index in [9.17, 15) is 9.59 Å². The van der Waals surface area contributed by atoms with Crippen LogP contribution >= 0.6 is 35.3 Å². The van der Waals surface area contributed by atoms with Crippen LogP contribution in [0.1, 0.15) is 37.6 Å². The maximum atomic E-state index is 11.9. The number of rotatable bonds is 7. The van der Waals surface area contributed by atoms with Crippen LogP contribution < -0.4 is 10.6 Å². The van der Waals surface area contributed by atoms with Crippen molar-refractivity contribution in [3.8, 4) is 0 Å². The summed E-state index contributed by atoms with van der Waals surface area (Å²) in [5, 5.41) is 9.77. The van der Waals surface area contributed by atoms with E-state index >= 15 is 0 Å². The van der Waals surface area contributed by atoms with E-state index in [2.05, 4.69) is 27.5 Å². The largest absolute Gasteiger partial charge is 0.450 e. The third-order valence-corrected chi connectivity index (χ3v) is 5.69. The molecule has 1 aromatic rings. The lowest BCUT2D eigenvalue weighted by atomic mass is 10.1. The molecule has 9 nitrogen and oxygen atoms in total. The van der Waals surface area contributed by atoms with Crippen LogP contribution in [-0.2, 0) is 9.53 Å². The summed E-state index contributed by atoms with van der Waals surface area (Å²) in [7, 11) is 3.43. The van der Waals surface area contributed by atoms with Crippen LogP contribution in [0.3, 0.4) is 0 Å². The summed E-state index contributed by atoms with van der Waals surface area (Å²) < 4.78 is 5.07. The summed E-state index contributed by atoms with van der Waals surface area (Å²) in [5.74, 6) is 0.784. The molecule has 0 aromatic carbocycles. The van der Waals surface area contributed by atoms with E-state index in [-0.39, 0.29) is 54.5 Å². The van der Waals surface area contributed by atoms with E-state index < -0.39 is 0 Å². The number of likely N-dealkylation sites (tertiary alicyclic amines) is 1. The first-order chi connectivity index (χ1) is 13.9. The van der Waals surface area contributed by atoms with Crippen LogP contribution in [-0.4, -0.2) is 85.7 Å². The molecule has 170 valence electrons. The van der Waals surface area contributed by atoms with Gasteiger partial charge in [-0.1, -0.05) is 6.92 Å². The van der Waals surface area contributed by atoms with Gasteiger partial charge in [0.25, 0.3) is 0 Å². The molecule has 0 saturated carbocycles. The second kappa shape index (κ2) is 13.6. The molecule has 2 heterocycles. The molecule has 2 amide bonds. The lowest BCUT2D eigenvalue weighted by Crippen LogP contribution is -2.50. The summed E-state index contributed by atoms with van der Waals surface area (Å²) in [6.07, 6.45) is 3.13. The van der Waals surface area contributed by atoms with Gasteiger partial charge >= 0.3 is 6.09 Å². The molecular formula is C19H33IN6O3S. The third kappa shape index (κ3) is 8.62. The maximum absolute atomic E-state index is 11.9. The number of carbonyl (C=O) groups is 2. The highest BCUT2D eigenvalue weighted by Gasteiger charge is 2.24. The average molecular weight is 552 g/mol. The Bertz CT molecular complexity index is 678. The van der Waals surface area contributed by atoms with Gasteiger partial charge in [0, 0.05) is 57.3 Å². The van der Waals surface area contributed by atoms with E-state index in [0.29, 0.717) is 32.2 Å². The number of thiazole rings is 1. The standard InChI is InChI=1S/C19H32N6O3S.HI/c1-5-28-19(27)25-9-6-15(7-10-25)23-18(22-13-16(26)24(3)4)21-12-14(2)17-20-8-11-29-17;/h8,11,14-15H,5-7,9-10,12-13H2,1-4H3,(H2,21,22,23);1H. The predicted molar refractivity (Wildman–Crippen MR) is 130 cm³/mol. The predicted octanol–water partition coefficient (Wildman–Crippen LogP) is 2.11. The van der Waals surface area contributed by atoms with Crippen molar-refractivity contribution in [2.75, 3.05) is 46.9 Å². The SMILES string of the molecule is CCOC(=O)N1CCC(NC(=NCC(=O)N(C)C)NCC(C)c2nccs2)CC1.I. The fraction of sp³-hybridized carbons (Fsp3) is 0.684. The molecule has 0 spiro atoms. The second-order valence-corrected chi connectivity index (χ2v) is 8.14. The molecule has 1 aromatic heterocycles. The van der Waals surface area contributed by atoms with Crippen LogP contribution in [0.15, 0.2) is 16.6 Å². The summed E-state index contributed by atoms with van der Waals surface area (Å²) in [6, 6.07) is 0.177. The molecule has 1 unspecified atom stereocenters. The Kier molecular flexibility index (Phi) is 12.0. The van der Waals surface area contributed by atoms with Crippen LogP contribution in [0.2, 0.25) is 0 Å². The van der Waals surface area contributed by atoms with E-state index in [4.69, 9.17) is 4.74 Å². The van der Waals surface area contributed by atoms with Gasteiger partial charge in [-0.2, -0.15) is 0 Å². The Morgan fingerprint density at radius 1 is 1.40 bits per heavy atom. The molecule has 1 fully saturated rings. The van der Waals surface area contributed by atoms with Crippen molar-refractivity contribution in [1.82, 2.24) is 25.4 Å². The van der Waals surface area contributed by atoms with Crippen molar-refractivity contribution < 1.29 is 14.3 Å². The number of aromatic nitrogens is 1. The Morgan fingerprint density at radius 2 is 2.10 bits per heavy atom. The minimum Gasteiger partial charge on any atom is -0.450 e. The van der Waals surface area contributed by atoms with Crippen LogP contribution in [0, 0.1) is 0 Å². The highest BCUT2D eigenvalue weighted by molar-refractivity contribution is 14.0. The van der Waals surface area contributed by atoms with E-state index in [0.717, 1.165) is 17.8 Å². The third-order valence-electron chi connectivity index (χ3n) is 4.68. The molecule has 2 rings (SSSR count). The molecule has 1 aliphatic heterocycles. The van der Waals surface area contributed by atoms with Gasteiger partial charge in [0.05, 0.1) is 11.6 Å². The molecule has 0 bridgehead atoms. The number of ether oxygens (including phenoxy) is 1. The summed E-state index contributed by atoms with van der Waals surface area (Å²) in [4.78, 5) is 35.9. The van der Waals surface area contributed by atoms with E-state index in [1.54, 1.807) is 36.5 Å². The van der Waals surface area contributed by atoms with Crippen LogP contribution in [0.5, 0.6) is 0 Å². The van der Waals surface area contributed by atoms with Gasteiger partial charge in [0.1, 0.15) is 6.54 Å². The number of hydrogen-bond acceptors (Lipinski definition) is 6. The van der Waals surface area contributed by atoms with Crippen LogP contribution in [0.25, 0.3) is 0 Å². The molecule has 1 atom stereocenters. The van der Waals surface area contributed by atoms with Crippen molar-refractivity contribution in [2.24, 2.45) is 4.99 Å². The fourth-order valence-corrected chi connectivity index (χ4v) is 3.57. The zero-order valence-electron chi connectivity index (χ0n) is 18.1. The number of carbonyl (C=O) groups excluding carboxylic acids is 2. The Labute approximate surface area is 199 Å². The summed E-state index contributed by atoms with van der Waals surface area (Å²) in [6.45, 7) is 6.31. The van der Waals surface area contributed by atoms with Gasteiger partial charge in [-0.25, -0.2) is 14.8 Å². The van der Waals surface area contributed by atoms with Crippen molar-refractivity contribution in [3.05, 3.63) is 16.6 Å². The normalized spacial score (nSPS) is 15.7. The maximum Gasteiger partial charge on any atom is 0.409 e. The highest BCUT2D eigenvalue weighted by atomic mass is 127. The molecule has 0 aliphatic carbocycles. The average Bonchev–Trinajstić information content (AvgIpc) is 3.25. The first-order valence-electron chi connectivity index (χ1n) is 9.96. The summed E-state index contributed by atoms with van der Waals surface area (Å²) in [5.41, 5.74) is 0. The zero-order chi connectivity index (χ0) is 21.2. The quantitative estimate of drug-likeness (QED) is 0.306. The molecular weight excluding hydrogens is 519 g/mol. The minimum atomic E-state index is -0.258. The lowest BCUT2D eigenvalue weighted by molar-refractivity contribution is -0.127. The number of nitrogens with zero attached hydrogens (tertiary/aromatic N) is 4. The first kappa shape index (κ1) is 26.4. The molecule has 2 N–H and O–H groups in total. The van der Waals surface area contributed by atoms with Crippen molar-refractivity contribution >= 4 is 53.3 Å². The number of nitrogens with one attached hydrogen (secondary N) is 2. The zero-order valence-corrected chi connectivity index (χ0v) is 21.2. The second-order valence-electron chi connectivity index (χ2n) is 7.21. The topological polar surface area (TPSA) is 99.2 Å². The number of guanidine groups is 1. The van der Waals surface area contributed by atoms with Gasteiger partial charge in [0.2, 0.25) is 5.91 Å². The fourth-order valence-electron chi connectivity index (χ4n) is 2.87. The Morgan fingerprint density at radius 3 is 2.67 bits per heavy atom. The van der Waals surface area contributed by atoms with Crippen molar-refractivity contribution in [1.29, 1.82) is 0 Å². The Balaban J connectivity index is 0.00000450. The van der Waals surface area contributed by atoms with Gasteiger partial charge in [0.15, 0.2) is 5.96 Å². The van der Waals surface area contributed by atoms with E-state index in [1.165, 1.54) is 4.90 Å². The molecule has 1 saturated heterocycles. The van der Waals surface area contributed by atoms with Crippen LogP contribution in [0.4, 0.5) is 4.79 Å². The van der Waals surface area contributed by atoms with Crippen molar-refractivity contribution in [2.45, 2.75) is 38.6 Å². The molecule has 30 heavy (non-hydrogen) atoms. The number of aliphatic imine (C=N–C) groups is 1. The Hall–Kier alpha value is -1.63. The number of halogens is 1. The van der Waals surface area contributed by atoms with Gasteiger partial charge in [-0.05, 0) is 19.8 Å². The van der Waals surface area contributed by atoms with Crippen molar-refractivity contribution in [3.63, 3.8) is 0 Å². The molecule has 0 radical (unpaired) electrons. The monoisotopic (exact) mass is 552 g/mol. The highest BCUT2D eigenvalue weighted by Crippen LogP contribution is 2.16. The lowest BCUT2D eigenvalue weighted by Gasteiger charge is -2.32. The van der Waals surface area contributed by atoms with Gasteiger partial charge in [-0.15, -0.1) is 35.3 Å². The first-order valence-corrected chi connectivity index (χ1v) is 10.8. The number of piperidine rings is 1. The number of hydrogen-bond donors (Lipinski definition) is 2. The number of likely N-dealkylation sites (N-methyl/N-ethyl adjacent to an activating group) is 1.